The Kier molecular flexibility index (Phi) is 2.73. The molecular formula is C12H11N5O. The van der Waals surface area contributed by atoms with Gasteiger partial charge >= 0.3 is 0 Å². The molecule has 0 spiro atoms. The molecule has 0 saturated heterocycles. The lowest BCUT2D eigenvalue weighted by molar-refractivity contribution is 0.0996. The number of hydrogen-bond acceptors (Lipinski definition) is 4. The van der Waals surface area contributed by atoms with E-state index >= 15 is 0 Å². The van der Waals surface area contributed by atoms with Crippen molar-refractivity contribution in [1.82, 2.24) is 9.78 Å². The lowest BCUT2D eigenvalue weighted by Crippen LogP contribution is -2.14. The summed E-state index contributed by atoms with van der Waals surface area (Å²) in [6, 6.07) is 7.36. The zero-order chi connectivity index (χ0) is 13.3. The first-order valence-corrected chi connectivity index (χ1v) is 5.19. The van der Waals surface area contributed by atoms with Crippen LogP contribution in [-0.4, -0.2) is 15.7 Å². The van der Waals surface area contributed by atoms with E-state index in [0.29, 0.717) is 11.3 Å². The Bertz CT molecular complexity index is 666. The fourth-order valence-electron chi connectivity index (χ4n) is 1.63. The molecule has 0 aliphatic rings. The highest BCUT2D eigenvalue weighted by Gasteiger charge is 2.14. The topological polar surface area (TPSA) is 111 Å². The average molecular weight is 241 g/mol. The van der Waals surface area contributed by atoms with Crippen LogP contribution in [0.1, 0.15) is 21.6 Å². The van der Waals surface area contributed by atoms with Crippen molar-refractivity contribution in [2.45, 2.75) is 6.92 Å². The molecule has 1 aromatic heterocycles. The fraction of sp³-hybridized carbons (Fsp3) is 0.0833. The van der Waals surface area contributed by atoms with Gasteiger partial charge in [-0.3, -0.25) is 4.79 Å². The van der Waals surface area contributed by atoms with Gasteiger partial charge in [0.25, 0.3) is 5.91 Å². The highest BCUT2D eigenvalue weighted by atomic mass is 16.1. The number of amides is 1. The van der Waals surface area contributed by atoms with Crippen LogP contribution in [0, 0.1) is 18.3 Å². The second-order valence-corrected chi connectivity index (χ2v) is 3.87. The number of aryl methyl sites for hydroxylation is 1. The number of carbonyl (C=O) groups is 1. The second kappa shape index (κ2) is 4.22. The van der Waals surface area contributed by atoms with Crippen LogP contribution in [0.5, 0.6) is 0 Å². The van der Waals surface area contributed by atoms with E-state index in [0.717, 1.165) is 5.56 Å². The largest absolute Gasteiger partial charge is 0.396 e. The van der Waals surface area contributed by atoms with Crippen LogP contribution in [0.25, 0.3) is 5.69 Å². The van der Waals surface area contributed by atoms with Crippen LogP contribution in [0.2, 0.25) is 0 Å². The van der Waals surface area contributed by atoms with Crippen LogP contribution in [0.3, 0.4) is 0 Å². The Morgan fingerprint density at radius 1 is 1.50 bits per heavy atom. The van der Waals surface area contributed by atoms with E-state index in [9.17, 15) is 4.79 Å². The Labute approximate surface area is 103 Å². The van der Waals surface area contributed by atoms with Gasteiger partial charge in [0.15, 0.2) is 5.69 Å². The van der Waals surface area contributed by atoms with Gasteiger partial charge in [0.1, 0.15) is 6.07 Å². The first-order valence-electron chi connectivity index (χ1n) is 5.19. The molecule has 6 heteroatoms. The number of aromatic nitrogens is 2. The molecule has 0 aliphatic heterocycles. The Balaban J connectivity index is 2.62. The van der Waals surface area contributed by atoms with Gasteiger partial charge in [-0.2, -0.15) is 10.4 Å². The smallest absolute Gasteiger partial charge is 0.271 e. The SMILES string of the molecule is Cc1ccc(C#N)c(-n2cc(N)c(C(N)=O)n2)c1. The van der Waals surface area contributed by atoms with Gasteiger partial charge in [-0.25, -0.2) is 4.68 Å². The third kappa shape index (κ3) is 1.89. The van der Waals surface area contributed by atoms with Crippen molar-refractivity contribution in [3.8, 4) is 11.8 Å². The number of hydrogen-bond donors (Lipinski definition) is 2. The highest BCUT2D eigenvalue weighted by molar-refractivity contribution is 5.95. The number of nitriles is 1. The van der Waals surface area contributed by atoms with Gasteiger partial charge in [-0.15, -0.1) is 0 Å². The molecule has 2 aromatic rings. The molecule has 1 heterocycles. The first kappa shape index (κ1) is 11.7. The van der Waals surface area contributed by atoms with Crippen LogP contribution in [0.4, 0.5) is 5.69 Å². The molecule has 1 amide bonds. The first-order chi connectivity index (χ1) is 8.52. The van der Waals surface area contributed by atoms with Gasteiger partial charge < -0.3 is 11.5 Å². The molecule has 1 aromatic carbocycles. The maximum Gasteiger partial charge on any atom is 0.271 e. The molecule has 4 N–H and O–H groups in total. The van der Waals surface area contributed by atoms with E-state index in [1.54, 1.807) is 12.1 Å². The molecule has 0 aliphatic carbocycles. The Hall–Kier alpha value is -2.81. The molecule has 0 fully saturated rings. The molecule has 2 rings (SSSR count). The number of rotatable bonds is 2. The van der Waals surface area contributed by atoms with Gasteiger partial charge in [0.2, 0.25) is 0 Å². The van der Waals surface area contributed by atoms with Gasteiger partial charge in [0.05, 0.1) is 23.1 Å². The standard InChI is InChI=1S/C12H11N5O/c1-7-2-3-8(5-13)10(4-7)17-6-9(14)11(16-17)12(15)18/h2-4,6H,14H2,1H3,(H2,15,18). The van der Waals surface area contributed by atoms with E-state index in [-0.39, 0.29) is 11.4 Å². The number of primary amides is 1. The number of nitrogen functional groups attached to an aromatic ring is 1. The average Bonchev–Trinajstić information content (AvgIpc) is 2.71. The fourth-order valence-corrected chi connectivity index (χ4v) is 1.63. The summed E-state index contributed by atoms with van der Waals surface area (Å²) < 4.78 is 1.39. The summed E-state index contributed by atoms with van der Waals surface area (Å²) in [6.45, 7) is 1.90. The van der Waals surface area contributed by atoms with Gasteiger partial charge in [0, 0.05) is 0 Å². The van der Waals surface area contributed by atoms with Crippen molar-refractivity contribution in [3.05, 3.63) is 41.2 Å². The zero-order valence-electron chi connectivity index (χ0n) is 9.71. The lowest BCUT2D eigenvalue weighted by Gasteiger charge is -2.04. The third-order valence-electron chi connectivity index (χ3n) is 2.50. The number of benzene rings is 1. The summed E-state index contributed by atoms with van der Waals surface area (Å²) in [5.41, 5.74) is 13.0. The van der Waals surface area contributed by atoms with Crippen molar-refractivity contribution in [3.63, 3.8) is 0 Å². The van der Waals surface area contributed by atoms with Crippen molar-refractivity contribution in [2.24, 2.45) is 5.73 Å². The van der Waals surface area contributed by atoms with Crippen molar-refractivity contribution >= 4 is 11.6 Å². The summed E-state index contributed by atoms with van der Waals surface area (Å²) in [7, 11) is 0. The monoisotopic (exact) mass is 241 g/mol. The molecule has 90 valence electrons. The Morgan fingerprint density at radius 2 is 2.22 bits per heavy atom. The summed E-state index contributed by atoms with van der Waals surface area (Å²) >= 11 is 0. The molecule has 0 bridgehead atoms. The van der Waals surface area contributed by atoms with Crippen LogP contribution in [-0.2, 0) is 0 Å². The van der Waals surface area contributed by atoms with E-state index in [4.69, 9.17) is 16.7 Å². The second-order valence-electron chi connectivity index (χ2n) is 3.87. The quantitative estimate of drug-likeness (QED) is 0.807. The predicted octanol–water partition coefficient (Wildman–Crippen LogP) is 0.734. The minimum atomic E-state index is -0.697. The molecule has 0 radical (unpaired) electrons. The number of nitrogens with zero attached hydrogens (tertiary/aromatic N) is 3. The van der Waals surface area contributed by atoms with E-state index < -0.39 is 5.91 Å². The lowest BCUT2D eigenvalue weighted by atomic mass is 10.1. The van der Waals surface area contributed by atoms with Gasteiger partial charge in [-0.05, 0) is 24.6 Å². The van der Waals surface area contributed by atoms with Crippen LogP contribution >= 0.6 is 0 Å². The minimum absolute atomic E-state index is 0.000367. The van der Waals surface area contributed by atoms with Crippen LogP contribution in [0.15, 0.2) is 24.4 Å². The van der Waals surface area contributed by atoms with E-state index in [2.05, 4.69) is 11.2 Å². The summed E-state index contributed by atoms with van der Waals surface area (Å²) in [4.78, 5) is 11.1. The number of carbonyl (C=O) groups excluding carboxylic acids is 1. The third-order valence-corrected chi connectivity index (χ3v) is 2.50. The summed E-state index contributed by atoms with van der Waals surface area (Å²) in [5, 5.41) is 13.0. The predicted molar refractivity (Wildman–Crippen MR) is 65.9 cm³/mol. The molecule has 0 atom stereocenters. The molecule has 18 heavy (non-hydrogen) atoms. The molecule has 0 saturated carbocycles. The Morgan fingerprint density at radius 3 is 2.78 bits per heavy atom. The minimum Gasteiger partial charge on any atom is -0.396 e. The van der Waals surface area contributed by atoms with E-state index in [1.165, 1.54) is 10.9 Å². The van der Waals surface area contributed by atoms with Gasteiger partial charge in [-0.1, -0.05) is 6.07 Å². The zero-order valence-corrected chi connectivity index (χ0v) is 9.71. The highest BCUT2D eigenvalue weighted by Crippen LogP contribution is 2.18. The maximum absolute atomic E-state index is 11.1. The molecule has 6 nitrogen and oxygen atoms in total. The van der Waals surface area contributed by atoms with Crippen molar-refractivity contribution < 1.29 is 4.79 Å². The normalized spacial score (nSPS) is 10.0. The van der Waals surface area contributed by atoms with Crippen LogP contribution < -0.4 is 11.5 Å². The van der Waals surface area contributed by atoms with Crippen molar-refractivity contribution in [2.75, 3.05) is 5.73 Å². The summed E-state index contributed by atoms with van der Waals surface area (Å²) in [5.74, 6) is -0.697. The summed E-state index contributed by atoms with van der Waals surface area (Å²) in [6.07, 6.45) is 1.47. The van der Waals surface area contributed by atoms with E-state index in [1.807, 2.05) is 13.0 Å². The molecular weight excluding hydrogens is 230 g/mol. The number of anilines is 1. The molecule has 0 unspecified atom stereocenters. The maximum atomic E-state index is 11.1. The van der Waals surface area contributed by atoms with Crippen molar-refractivity contribution in [1.29, 1.82) is 5.26 Å². The number of nitrogens with two attached hydrogens (primary N) is 2.